The van der Waals surface area contributed by atoms with E-state index in [9.17, 15) is 9.18 Å². The zero-order valence-electron chi connectivity index (χ0n) is 11.0. The van der Waals surface area contributed by atoms with Crippen LogP contribution in [-0.2, 0) is 0 Å². The first kappa shape index (κ1) is 15.9. The van der Waals surface area contributed by atoms with Gasteiger partial charge in [-0.3, -0.25) is 4.79 Å². The lowest BCUT2D eigenvalue weighted by Gasteiger charge is -2.22. The Kier molecular flexibility index (Phi) is 6.25. The highest BCUT2D eigenvalue weighted by Gasteiger charge is 2.16. The van der Waals surface area contributed by atoms with Crippen LogP contribution in [0.4, 0.5) is 4.39 Å². The van der Waals surface area contributed by atoms with Crippen molar-refractivity contribution in [3.63, 3.8) is 0 Å². The summed E-state index contributed by atoms with van der Waals surface area (Å²) in [5, 5.41) is 6.11. The van der Waals surface area contributed by atoms with Crippen LogP contribution >= 0.6 is 12.4 Å². The second-order valence-electron chi connectivity index (χ2n) is 4.84. The van der Waals surface area contributed by atoms with E-state index in [1.165, 1.54) is 6.07 Å². The zero-order chi connectivity index (χ0) is 13.0. The Balaban J connectivity index is 0.00000180. The molecule has 3 nitrogen and oxygen atoms in total. The summed E-state index contributed by atoms with van der Waals surface area (Å²) in [4.78, 5) is 11.9. The molecule has 5 heteroatoms. The van der Waals surface area contributed by atoms with Crippen molar-refractivity contribution in [2.24, 2.45) is 5.92 Å². The van der Waals surface area contributed by atoms with Gasteiger partial charge in [0.25, 0.3) is 5.91 Å². The van der Waals surface area contributed by atoms with E-state index in [4.69, 9.17) is 0 Å². The molecule has 0 atom stereocenters. The third-order valence-electron chi connectivity index (χ3n) is 3.45. The lowest BCUT2D eigenvalue weighted by Crippen LogP contribution is -2.36. The Morgan fingerprint density at radius 2 is 2.11 bits per heavy atom. The minimum atomic E-state index is -0.416. The molecule has 106 valence electrons. The number of rotatable bonds is 3. The van der Waals surface area contributed by atoms with E-state index in [1.54, 1.807) is 19.1 Å². The summed E-state index contributed by atoms with van der Waals surface area (Å²) < 4.78 is 13.7. The first-order chi connectivity index (χ1) is 8.68. The van der Waals surface area contributed by atoms with Gasteiger partial charge in [0.2, 0.25) is 0 Å². The van der Waals surface area contributed by atoms with Crippen LogP contribution < -0.4 is 10.6 Å². The van der Waals surface area contributed by atoms with Gasteiger partial charge >= 0.3 is 0 Å². The molecular formula is C14H20ClFN2O. The molecule has 1 fully saturated rings. The fourth-order valence-electron chi connectivity index (χ4n) is 2.24. The Labute approximate surface area is 119 Å². The van der Waals surface area contributed by atoms with Gasteiger partial charge in [0.1, 0.15) is 5.82 Å². The highest BCUT2D eigenvalue weighted by atomic mass is 35.5. The molecule has 0 saturated carbocycles. The quantitative estimate of drug-likeness (QED) is 0.895. The van der Waals surface area contributed by atoms with Crippen molar-refractivity contribution in [1.29, 1.82) is 0 Å². The number of hydrogen-bond donors (Lipinski definition) is 2. The van der Waals surface area contributed by atoms with Gasteiger partial charge in [0, 0.05) is 6.54 Å². The van der Waals surface area contributed by atoms with Crippen molar-refractivity contribution < 1.29 is 9.18 Å². The summed E-state index contributed by atoms with van der Waals surface area (Å²) in [6, 6.07) is 4.90. The van der Waals surface area contributed by atoms with Gasteiger partial charge in [-0.15, -0.1) is 12.4 Å². The molecule has 0 aromatic heterocycles. The van der Waals surface area contributed by atoms with Crippen molar-refractivity contribution in [1.82, 2.24) is 10.6 Å². The van der Waals surface area contributed by atoms with E-state index in [0.29, 0.717) is 18.0 Å². The SMILES string of the molecule is Cc1cccc(C(=O)NCC2CCNCC2)c1F.Cl. The third kappa shape index (κ3) is 4.18. The number of benzene rings is 1. The van der Waals surface area contributed by atoms with Gasteiger partial charge in [-0.05, 0) is 50.4 Å². The van der Waals surface area contributed by atoms with Crippen molar-refractivity contribution in [2.75, 3.05) is 19.6 Å². The molecule has 1 aliphatic heterocycles. The van der Waals surface area contributed by atoms with E-state index in [-0.39, 0.29) is 23.9 Å². The van der Waals surface area contributed by atoms with Crippen LogP contribution in [0.1, 0.15) is 28.8 Å². The molecule has 0 unspecified atom stereocenters. The molecule has 1 saturated heterocycles. The van der Waals surface area contributed by atoms with Crippen LogP contribution in [0.15, 0.2) is 18.2 Å². The maximum Gasteiger partial charge on any atom is 0.254 e. The normalized spacial score (nSPS) is 15.7. The molecule has 1 aliphatic rings. The Hall–Kier alpha value is -1.13. The first-order valence-corrected chi connectivity index (χ1v) is 6.42. The van der Waals surface area contributed by atoms with E-state index in [0.717, 1.165) is 25.9 Å². The number of halogens is 2. The van der Waals surface area contributed by atoms with Crippen LogP contribution in [0, 0.1) is 18.7 Å². The third-order valence-corrected chi connectivity index (χ3v) is 3.45. The number of carbonyl (C=O) groups excluding carboxylic acids is 1. The van der Waals surface area contributed by atoms with E-state index in [2.05, 4.69) is 10.6 Å². The largest absolute Gasteiger partial charge is 0.352 e. The summed E-state index contributed by atoms with van der Waals surface area (Å²) in [6.07, 6.45) is 2.13. The van der Waals surface area contributed by atoms with Gasteiger partial charge in [-0.1, -0.05) is 12.1 Å². The summed E-state index contributed by atoms with van der Waals surface area (Å²) in [6.45, 7) is 4.30. The maximum atomic E-state index is 13.7. The molecule has 0 aliphatic carbocycles. The second-order valence-corrected chi connectivity index (χ2v) is 4.84. The molecule has 19 heavy (non-hydrogen) atoms. The Bertz CT molecular complexity index is 433. The number of carbonyl (C=O) groups is 1. The average molecular weight is 287 g/mol. The molecule has 0 bridgehead atoms. The van der Waals surface area contributed by atoms with Crippen LogP contribution in [-0.4, -0.2) is 25.5 Å². The van der Waals surface area contributed by atoms with E-state index >= 15 is 0 Å². The van der Waals surface area contributed by atoms with Crippen LogP contribution in [0.25, 0.3) is 0 Å². The van der Waals surface area contributed by atoms with Crippen LogP contribution in [0.3, 0.4) is 0 Å². The maximum absolute atomic E-state index is 13.7. The van der Waals surface area contributed by atoms with Crippen LogP contribution in [0.2, 0.25) is 0 Å². The molecule has 1 heterocycles. The zero-order valence-corrected chi connectivity index (χ0v) is 11.9. The summed E-state index contributed by atoms with van der Waals surface area (Å²) in [7, 11) is 0. The van der Waals surface area contributed by atoms with Gasteiger partial charge in [-0.2, -0.15) is 0 Å². The minimum absolute atomic E-state index is 0. The van der Waals surface area contributed by atoms with Crippen molar-refractivity contribution in [3.8, 4) is 0 Å². The number of aryl methyl sites for hydroxylation is 1. The average Bonchev–Trinajstić information content (AvgIpc) is 2.40. The van der Waals surface area contributed by atoms with E-state index < -0.39 is 5.82 Å². The topological polar surface area (TPSA) is 41.1 Å². The summed E-state index contributed by atoms with van der Waals surface area (Å²) in [5.74, 6) is -0.224. The van der Waals surface area contributed by atoms with Crippen molar-refractivity contribution >= 4 is 18.3 Å². The second kappa shape index (κ2) is 7.46. The molecular weight excluding hydrogens is 267 g/mol. The lowest BCUT2D eigenvalue weighted by molar-refractivity contribution is 0.0940. The van der Waals surface area contributed by atoms with Gasteiger partial charge in [0.05, 0.1) is 5.56 Å². The molecule has 0 spiro atoms. The number of hydrogen-bond acceptors (Lipinski definition) is 2. The van der Waals surface area contributed by atoms with E-state index in [1.807, 2.05) is 0 Å². The molecule has 1 amide bonds. The lowest BCUT2D eigenvalue weighted by atomic mass is 9.98. The molecule has 0 radical (unpaired) electrons. The molecule has 2 N–H and O–H groups in total. The van der Waals surface area contributed by atoms with Gasteiger partial charge in [-0.25, -0.2) is 4.39 Å². The minimum Gasteiger partial charge on any atom is -0.352 e. The Morgan fingerprint density at radius 1 is 1.42 bits per heavy atom. The van der Waals surface area contributed by atoms with Crippen molar-refractivity contribution in [2.45, 2.75) is 19.8 Å². The Morgan fingerprint density at radius 3 is 2.79 bits per heavy atom. The van der Waals surface area contributed by atoms with Gasteiger partial charge < -0.3 is 10.6 Å². The smallest absolute Gasteiger partial charge is 0.254 e. The number of amides is 1. The number of piperidine rings is 1. The fourth-order valence-corrected chi connectivity index (χ4v) is 2.24. The highest BCUT2D eigenvalue weighted by molar-refractivity contribution is 5.94. The standard InChI is InChI=1S/C14H19FN2O.ClH/c1-10-3-2-4-12(13(10)15)14(18)17-9-11-5-7-16-8-6-11;/h2-4,11,16H,5-9H2,1H3,(H,17,18);1H. The molecule has 1 aromatic rings. The number of nitrogens with one attached hydrogen (secondary N) is 2. The summed E-state index contributed by atoms with van der Waals surface area (Å²) >= 11 is 0. The first-order valence-electron chi connectivity index (χ1n) is 6.42. The molecule has 2 rings (SSSR count). The summed E-state index contributed by atoms with van der Waals surface area (Å²) in [5.41, 5.74) is 0.647. The van der Waals surface area contributed by atoms with Crippen molar-refractivity contribution in [3.05, 3.63) is 35.1 Å². The predicted molar refractivity (Wildman–Crippen MR) is 76.3 cm³/mol. The fraction of sp³-hybridized carbons (Fsp3) is 0.500. The predicted octanol–water partition coefficient (Wildman–Crippen LogP) is 2.29. The monoisotopic (exact) mass is 286 g/mol. The molecule has 1 aromatic carbocycles. The highest BCUT2D eigenvalue weighted by Crippen LogP contribution is 2.13. The van der Waals surface area contributed by atoms with Crippen LogP contribution in [0.5, 0.6) is 0 Å². The van der Waals surface area contributed by atoms with Gasteiger partial charge in [0.15, 0.2) is 0 Å².